The minimum atomic E-state index is -0.913. The summed E-state index contributed by atoms with van der Waals surface area (Å²) in [5.74, 6) is -0.913. The van der Waals surface area contributed by atoms with Crippen LogP contribution in [0.4, 0.5) is 0 Å². The molecule has 4 heteroatoms. The summed E-state index contributed by atoms with van der Waals surface area (Å²) in [6.07, 6.45) is 3.65. The summed E-state index contributed by atoms with van der Waals surface area (Å²) in [6.45, 7) is 0.205. The number of hydrogen-bond donors (Lipinski definition) is 1. The summed E-state index contributed by atoms with van der Waals surface area (Å²) in [6, 6.07) is 0. The Hall–Kier alpha value is -0.610. The highest BCUT2D eigenvalue weighted by Gasteiger charge is 2.36. The fourth-order valence-corrected chi connectivity index (χ4v) is 2.00. The van der Waals surface area contributed by atoms with E-state index >= 15 is 0 Å². The number of hydrogen-bond acceptors (Lipinski definition) is 3. The average molecular weight is 186 g/mol. The first-order chi connectivity index (χ1) is 6.27. The minimum Gasteiger partial charge on any atom is -0.479 e. The highest BCUT2D eigenvalue weighted by Crippen LogP contribution is 2.28. The fraction of sp³-hybridized carbons (Fsp3) is 0.889. The van der Waals surface area contributed by atoms with E-state index in [1.807, 2.05) is 0 Å². The van der Waals surface area contributed by atoms with Crippen LogP contribution in [0.5, 0.6) is 0 Å². The van der Waals surface area contributed by atoms with Crippen molar-refractivity contribution in [2.45, 2.75) is 44.0 Å². The Labute approximate surface area is 76.8 Å². The van der Waals surface area contributed by atoms with Crippen LogP contribution in [-0.4, -0.2) is 36.0 Å². The minimum absolute atomic E-state index is 0.0172. The van der Waals surface area contributed by atoms with E-state index in [1.165, 1.54) is 6.42 Å². The van der Waals surface area contributed by atoms with E-state index in [-0.39, 0.29) is 18.8 Å². The van der Waals surface area contributed by atoms with Gasteiger partial charge in [-0.1, -0.05) is 12.8 Å². The first-order valence-corrected chi connectivity index (χ1v) is 4.77. The third kappa shape index (κ3) is 1.84. The molecule has 0 unspecified atom stereocenters. The van der Waals surface area contributed by atoms with Crippen LogP contribution in [0.2, 0.25) is 0 Å². The van der Waals surface area contributed by atoms with Gasteiger partial charge in [-0.2, -0.15) is 0 Å². The summed E-state index contributed by atoms with van der Waals surface area (Å²) in [5.41, 5.74) is 0. The molecule has 1 aliphatic carbocycles. The van der Waals surface area contributed by atoms with Crippen molar-refractivity contribution < 1.29 is 19.4 Å². The van der Waals surface area contributed by atoms with Crippen LogP contribution in [0.3, 0.4) is 0 Å². The quantitative estimate of drug-likeness (QED) is 0.658. The second kappa shape index (κ2) is 3.64. The van der Waals surface area contributed by atoms with Gasteiger partial charge in [0.05, 0.1) is 18.8 Å². The van der Waals surface area contributed by atoms with E-state index in [0.29, 0.717) is 0 Å². The van der Waals surface area contributed by atoms with Crippen molar-refractivity contribution in [3.63, 3.8) is 0 Å². The molecular weight excluding hydrogens is 172 g/mol. The topological polar surface area (TPSA) is 55.8 Å². The Kier molecular flexibility index (Phi) is 2.51. The van der Waals surface area contributed by atoms with Crippen molar-refractivity contribution >= 4 is 5.97 Å². The first-order valence-electron chi connectivity index (χ1n) is 4.77. The molecule has 1 aliphatic heterocycles. The fourth-order valence-electron chi connectivity index (χ4n) is 2.00. The summed E-state index contributed by atoms with van der Waals surface area (Å²) in [5, 5.41) is 8.72. The molecule has 3 atom stereocenters. The van der Waals surface area contributed by atoms with Gasteiger partial charge in [0.15, 0.2) is 6.10 Å². The normalized spacial score (nSPS) is 39.5. The maximum absolute atomic E-state index is 10.6. The third-order valence-corrected chi connectivity index (χ3v) is 2.72. The number of ether oxygens (including phenoxy) is 2. The van der Waals surface area contributed by atoms with Gasteiger partial charge in [0.2, 0.25) is 0 Å². The highest BCUT2D eigenvalue weighted by molar-refractivity contribution is 5.72. The van der Waals surface area contributed by atoms with Crippen molar-refractivity contribution in [1.82, 2.24) is 0 Å². The molecule has 1 N–H and O–H groups in total. The van der Waals surface area contributed by atoms with Crippen LogP contribution in [0.25, 0.3) is 0 Å². The summed E-state index contributed by atoms with van der Waals surface area (Å²) in [7, 11) is 0. The lowest BCUT2D eigenvalue weighted by molar-refractivity contribution is -0.205. The van der Waals surface area contributed by atoms with Crippen molar-refractivity contribution in [3.05, 3.63) is 0 Å². The van der Waals surface area contributed by atoms with Crippen molar-refractivity contribution in [2.75, 3.05) is 6.61 Å². The molecule has 1 heterocycles. The monoisotopic (exact) mass is 186 g/mol. The lowest BCUT2D eigenvalue weighted by Gasteiger charge is -2.37. The van der Waals surface area contributed by atoms with Gasteiger partial charge < -0.3 is 14.6 Å². The Balaban J connectivity index is 1.95. The number of fused-ring (bicyclic) bond motifs is 1. The van der Waals surface area contributed by atoms with Gasteiger partial charge in [0.25, 0.3) is 0 Å². The molecule has 0 radical (unpaired) electrons. The molecule has 0 bridgehead atoms. The molecule has 0 spiro atoms. The first kappa shape index (κ1) is 8.97. The van der Waals surface area contributed by atoms with E-state index in [0.717, 1.165) is 19.3 Å². The van der Waals surface area contributed by atoms with Crippen LogP contribution >= 0.6 is 0 Å². The molecule has 2 fully saturated rings. The second-order valence-corrected chi connectivity index (χ2v) is 3.66. The largest absolute Gasteiger partial charge is 0.479 e. The van der Waals surface area contributed by atoms with Crippen molar-refractivity contribution in [2.24, 2.45) is 0 Å². The standard InChI is InChI=1S/C9H14O4/c10-9(11)8-5-12-6-3-1-2-4-7(6)13-8/h6-8H,1-5H2,(H,10,11)/t6-,7+,8+/m1/s1. The summed E-state index contributed by atoms with van der Waals surface area (Å²) >= 11 is 0. The number of rotatable bonds is 1. The Morgan fingerprint density at radius 2 is 1.92 bits per heavy atom. The molecule has 13 heavy (non-hydrogen) atoms. The van der Waals surface area contributed by atoms with Crippen LogP contribution in [0, 0.1) is 0 Å². The maximum Gasteiger partial charge on any atom is 0.335 e. The predicted octanol–water partition coefficient (Wildman–Crippen LogP) is 0.798. The van der Waals surface area contributed by atoms with Crippen LogP contribution in [-0.2, 0) is 14.3 Å². The lowest BCUT2D eigenvalue weighted by Crippen LogP contribution is -2.47. The Morgan fingerprint density at radius 1 is 1.23 bits per heavy atom. The van der Waals surface area contributed by atoms with E-state index in [1.54, 1.807) is 0 Å². The molecule has 0 aromatic rings. The highest BCUT2D eigenvalue weighted by atomic mass is 16.6. The van der Waals surface area contributed by atoms with Gasteiger partial charge in [-0.15, -0.1) is 0 Å². The third-order valence-electron chi connectivity index (χ3n) is 2.72. The Bertz CT molecular complexity index is 204. The molecule has 0 aromatic carbocycles. The maximum atomic E-state index is 10.6. The van der Waals surface area contributed by atoms with Gasteiger partial charge in [0.1, 0.15) is 0 Å². The average Bonchev–Trinajstić information content (AvgIpc) is 2.17. The smallest absolute Gasteiger partial charge is 0.335 e. The number of carboxylic acids is 1. The number of aliphatic carboxylic acids is 1. The summed E-state index contributed by atoms with van der Waals surface area (Å²) < 4.78 is 10.9. The van der Waals surface area contributed by atoms with Crippen LogP contribution in [0.1, 0.15) is 25.7 Å². The zero-order valence-corrected chi connectivity index (χ0v) is 7.44. The molecule has 2 aliphatic rings. The molecule has 74 valence electrons. The van der Waals surface area contributed by atoms with Crippen LogP contribution < -0.4 is 0 Å². The Morgan fingerprint density at radius 3 is 2.62 bits per heavy atom. The van der Waals surface area contributed by atoms with E-state index in [9.17, 15) is 4.79 Å². The number of carbonyl (C=O) groups is 1. The molecule has 4 nitrogen and oxygen atoms in total. The van der Waals surface area contributed by atoms with Gasteiger partial charge in [-0.05, 0) is 12.8 Å². The van der Waals surface area contributed by atoms with Gasteiger partial charge in [0, 0.05) is 0 Å². The van der Waals surface area contributed by atoms with E-state index in [2.05, 4.69) is 0 Å². The predicted molar refractivity (Wildman–Crippen MR) is 44.5 cm³/mol. The van der Waals surface area contributed by atoms with Gasteiger partial charge in [-0.25, -0.2) is 4.79 Å². The van der Waals surface area contributed by atoms with E-state index < -0.39 is 12.1 Å². The van der Waals surface area contributed by atoms with E-state index in [4.69, 9.17) is 14.6 Å². The number of carboxylic acid groups (broad SMARTS) is 1. The van der Waals surface area contributed by atoms with Gasteiger partial charge >= 0.3 is 5.97 Å². The molecular formula is C9H14O4. The second-order valence-electron chi connectivity index (χ2n) is 3.66. The summed E-state index contributed by atoms with van der Waals surface area (Å²) in [4.78, 5) is 10.6. The lowest BCUT2D eigenvalue weighted by atomic mass is 9.93. The van der Waals surface area contributed by atoms with Gasteiger partial charge in [-0.3, -0.25) is 0 Å². The molecule has 1 saturated carbocycles. The molecule has 0 amide bonds. The SMILES string of the molecule is O=C(O)[C@@H]1CO[C@@H]2CCCC[C@@H]2O1. The zero-order chi connectivity index (χ0) is 9.26. The van der Waals surface area contributed by atoms with Crippen molar-refractivity contribution in [1.29, 1.82) is 0 Å². The molecule has 2 rings (SSSR count). The van der Waals surface area contributed by atoms with Crippen molar-refractivity contribution in [3.8, 4) is 0 Å². The zero-order valence-electron chi connectivity index (χ0n) is 7.44. The molecule has 0 aromatic heterocycles. The van der Waals surface area contributed by atoms with Crippen LogP contribution in [0.15, 0.2) is 0 Å². The molecule has 1 saturated heterocycles.